The summed E-state index contributed by atoms with van der Waals surface area (Å²) in [6, 6.07) is 1.96. The van der Waals surface area contributed by atoms with Crippen molar-refractivity contribution in [1.82, 2.24) is 10.2 Å². The summed E-state index contributed by atoms with van der Waals surface area (Å²) in [5.74, 6) is 2.17. The largest absolute Gasteiger partial charge is 0.295 e. The quantitative estimate of drug-likeness (QED) is 0.906. The Hall–Kier alpha value is -1.30. The molecule has 0 spiro atoms. The molecule has 1 amide bonds. The summed E-state index contributed by atoms with van der Waals surface area (Å²) in [5, 5.41) is 7.38. The molecule has 0 radical (unpaired) electrons. The second kappa shape index (κ2) is 6.43. The highest BCUT2D eigenvalue weighted by molar-refractivity contribution is 8.13. The van der Waals surface area contributed by atoms with Crippen molar-refractivity contribution in [3.8, 4) is 0 Å². The van der Waals surface area contributed by atoms with E-state index < -0.39 is 0 Å². The summed E-state index contributed by atoms with van der Waals surface area (Å²) in [6.45, 7) is 6.48. The highest BCUT2D eigenvalue weighted by Gasteiger charge is 2.32. The Morgan fingerprint density at radius 2 is 2.40 bits per heavy atom. The van der Waals surface area contributed by atoms with Crippen LogP contribution in [-0.4, -0.2) is 33.5 Å². The molecule has 2 rings (SSSR count). The van der Waals surface area contributed by atoms with Crippen LogP contribution in [0.5, 0.6) is 0 Å². The van der Waals surface area contributed by atoms with Crippen molar-refractivity contribution in [2.24, 2.45) is 5.92 Å². The van der Waals surface area contributed by atoms with Crippen LogP contribution in [0.3, 0.4) is 0 Å². The summed E-state index contributed by atoms with van der Waals surface area (Å²) in [7, 11) is 0. The molecule has 1 fully saturated rings. The number of hydrogen-bond donors (Lipinski definition) is 1. The number of H-pyrrole nitrogens is 1. The molecule has 0 bridgehead atoms. The van der Waals surface area contributed by atoms with E-state index in [-0.39, 0.29) is 16.9 Å². The zero-order chi connectivity index (χ0) is 14.7. The molecular formula is C14H21N3O2S. The Bertz CT molecular complexity index is 500. The first kappa shape index (κ1) is 15.1. The van der Waals surface area contributed by atoms with Crippen molar-refractivity contribution in [2.45, 2.75) is 39.5 Å². The number of amides is 1. The van der Waals surface area contributed by atoms with Gasteiger partial charge in [0.1, 0.15) is 0 Å². The van der Waals surface area contributed by atoms with Crippen LogP contribution in [-0.2, 0) is 9.59 Å². The minimum Gasteiger partial charge on any atom is -0.295 e. The molecule has 0 saturated carbocycles. The minimum absolute atomic E-state index is 0.0985. The minimum atomic E-state index is 0.0985. The first-order valence-corrected chi connectivity index (χ1v) is 7.98. The highest BCUT2D eigenvalue weighted by Crippen LogP contribution is 2.28. The molecule has 1 aromatic heterocycles. The monoisotopic (exact) mass is 295 g/mol. The number of carbonyl (C=O) groups is 2. The lowest BCUT2D eigenvalue weighted by molar-refractivity contribution is -0.117. The van der Waals surface area contributed by atoms with Crippen molar-refractivity contribution in [2.75, 3.05) is 17.2 Å². The third-order valence-electron chi connectivity index (χ3n) is 3.73. The topological polar surface area (TPSA) is 66.1 Å². The van der Waals surface area contributed by atoms with E-state index in [0.29, 0.717) is 30.5 Å². The van der Waals surface area contributed by atoms with Crippen LogP contribution in [0, 0.1) is 5.92 Å². The average molecular weight is 295 g/mol. The van der Waals surface area contributed by atoms with Crippen molar-refractivity contribution < 1.29 is 9.59 Å². The molecule has 2 unspecified atom stereocenters. The van der Waals surface area contributed by atoms with E-state index in [2.05, 4.69) is 24.0 Å². The first-order chi connectivity index (χ1) is 9.51. The Balaban J connectivity index is 2.00. The smallest absolute Gasteiger partial charge is 0.228 e. The predicted octanol–water partition coefficient (Wildman–Crippen LogP) is 2.56. The van der Waals surface area contributed by atoms with Crippen molar-refractivity contribution in [3.05, 3.63) is 11.8 Å². The van der Waals surface area contributed by atoms with Gasteiger partial charge in [-0.2, -0.15) is 5.10 Å². The standard InChI is InChI=1S/C14H21N3O2S/c1-4-9(2)12-6-13(16-15-12)17-7-11(5-14(17)19)8-20-10(3)18/h6,9,11H,4-5,7-8H2,1-3H3,(H,15,16). The molecule has 1 aliphatic rings. The number of aromatic amines is 1. The summed E-state index contributed by atoms with van der Waals surface area (Å²) >= 11 is 1.30. The van der Waals surface area contributed by atoms with Crippen molar-refractivity contribution >= 4 is 28.6 Å². The van der Waals surface area contributed by atoms with E-state index in [1.54, 1.807) is 11.8 Å². The summed E-state index contributed by atoms with van der Waals surface area (Å²) in [5.41, 5.74) is 1.07. The zero-order valence-corrected chi connectivity index (χ0v) is 13.0. The molecule has 1 N–H and O–H groups in total. The fourth-order valence-corrected chi connectivity index (χ4v) is 2.98. The van der Waals surface area contributed by atoms with Gasteiger partial charge >= 0.3 is 0 Å². The molecule has 20 heavy (non-hydrogen) atoms. The molecule has 5 nitrogen and oxygen atoms in total. The van der Waals surface area contributed by atoms with Gasteiger partial charge in [-0.25, -0.2) is 0 Å². The number of rotatable bonds is 5. The zero-order valence-electron chi connectivity index (χ0n) is 12.2. The van der Waals surface area contributed by atoms with Gasteiger partial charge in [-0.1, -0.05) is 25.6 Å². The lowest BCUT2D eigenvalue weighted by Gasteiger charge is -2.12. The number of carbonyl (C=O) groups excluding carboxylic acids is 2. The number of aromatic nitrogens is 2. The molecule has 1 aliphatic heterocycles. The third-order valence-corrected chi connectivity index (χ3v) is 4.78. The van der Waals surface area contributed by atoms with E-state index in [1.165, 1.54) is 11.8 Å². The molecule has 2 heterocycles. The van der Waals surface area contributed by atoms with E-state index >= 15 is 0 Å². The lowest BCUT2D eigenvalue weighted by atomic mass is 10.1. The van der Waals surface area contributed by atoms with E-state index in [1.807, 2.05) is 6.07 Å². The van der Waals surface area contributed by atoms with Gasteiger partial charge in [0, 0.05) is 37.4 Å². The second-order valence-corrected chi connectivity index (χ2v) is 6.56. The SMILES string of the molecule is CCC(C)c1cc(N2CC(CSC(C)=O)CC2=O)n[nH]1. The van der Waals surface area contributed by atoms with Crippen molar-refractivity contribution in [3.63, 3.8) is 0 Å². The van der Waals surface area contributed by atoms with Gasteiger partial charge in [0.15, 0.2) is 10.9 Å². The van der Waals surface area contributed by atoms with Crippen LogP contribution in [0.25, 0.3) is 0 Å². The van der Waals surface area contributed by atoms with Crippen LogP contribution in [0.1, 0.15) is 45.2 Å². The van der Waals surface area contributed by atoms with Crippen LogP contribution in [0.15, 0.2) is 6.07 Å². The molecule has 0 aromatic carbocycles. The fraction of sp³-hybridized carbons (Fsp3) is 0.643. The highest BCUT2D eigenvalue weighted by atomic mass is 32.2. The number of anilines is 1. The Morgan fingerprint density at radius 1 is 1.65 bits per heavy atom. The fourth-order valence-electron chi connectivity index (χ4n) is 2.29. The van der Waals surface area contributed by atoms with Gasteiger partial charge in [0.05, 0.1) is 0 Å². The van der Waals surface area contributed by atoms with Crippen molar-refractivity contribution in [1.29, 1.82) is 0 Å². The molecule has 1 saturated heterocycles. The Labute approximate surface area is 123 Å². The predicted molar refractivity (Wildman–Crippen MR) is 80.9 cm³/mol. The van der Waals surface area contributed by atoms with Crippen LogP contribution >= 0.6 is 11.8 Å². The first-order valence-electron chi connectivity index (χ1n) is 7.00. The van der Waals surface area contributed by atoms with Gasteiger partial charge in [0.2, 0.25) is 5.91 Å². The number of hydrogen-bond acceptors (Lipinski definition) is 4. The second-order valence-electron chi connectivity index (χ2n) is 5.37. The Kier molecular flexibility index (Phi) is 4.86. The lowest BCUT2D eigenvalue weighted by Crippen LogP contribution is -2.25. The maximum atomic E-state index is 12.1. The maximum Gasteiger partial charge on any atom is 0.228 e. The number of nitrogens with zero attached hydrogens (tertiary/aromatic N) is 2. The average Bonchev–Trinajstić information content (AvgIpc) is 3.01. The van der Waals surface area contributed by atoms with E-state index in [0.717, 1.165) is 12.1 Å². The Morgan fingerprint density at radius 3 is 3.05 bits per heavy atom. The molecule has 1 aromatic rings. The third kappa shape index (κ3) is 3.42. The molecule has 110 valence electrons. The molecule has 6 heteroatoms. The normalized spacial score (nSPS) is 20.4. The van der Waals surface area contributed by atoms with Gasteiger partial charge in [-0.05, 0) is 18.3 Å². The number of thioether (sulfide) groups is 1. The van der Waals surface area contributed by atoms with Gasteiger partial charge < -0.3 is 0 Å². The molecule has 0 aliphatic carbocycles. The van der Waals surface area contributed by atoms with Crippen LogP contribution < -0.4 is 4.90 Å². The van der Waals surface area contributed by atoms with Gasteiger partial charge in [-0.15, -0.1) is 0 Å². The van der Waals surface area contributed by atoms with Gasteiger partial charge in [-0.3, -0.25) is 19.6 Å². The van der Waals surface area contributed by atoms with Gasteiger partial charge in [0.25, 0.3) is 0 Å². The molecule has 2 atom stereocenters. The van der Waals surface area contributed by atoms with E-state index in [9.17, 15) is 9.59 Å². The van der Waals surface area contributed by atoms with Crippen LogP contribution in [0.2, 0.25) is 0 Å². The van der Waals surface area contributed by atoms with Crippen LogP contribution in [0.4, 0.5) is 5.82 Å². The summed E-state index contributed by atoms with van der Waals surface area (Å²) in [6.07, 6.45) is 1.54. The number of nitrogens with one attached hydrogen (secondary N) is 1. The summed E-state index contributed by atoms with van der Waals surface area (Å²) < 4.78 is 0. The van der Waals surface area contributed by atoms with E-state index in [4.69, 9.17) is 0 Å². The summed E-state index contributed by atoms with van der Waals surface area (Å²) in [4.78, 5) is 24.8. The molecular weight excluding hydrogens is 274 g/mol. The maximum absolute atomic E-state index is 12.1.